The Kier molecular flexibility index (Phi) is 8.07. The van der Waals surface area contributed by atoms with Crippen molar-refractivity contribution in [2.45, 2.75) is 32.2 Å². The summed E-state index contributed by atoms with van der Waals surface area (Å²) in [6, 6.07) is 15.9. The maximum Gasteiger partial charge on any atom is 0.229 e. The highest BCUT2D eigenvalue weighted by Gasteiger charge is 2.27. The third-order valence-corrected chi connectivity index (χ3v) is 6.68. The minimum Gasteiger partial charge on any atom is -0.494 e. The molecule has 1 fully saturated rings. The van der Waals surface area contributed by atoms with Crippen LogP contribution in [0.1, 0.15) is 25.7 Å². The largest absolute Gasteiger partial charge is 0.494 e. The van der Waals surface area contributed by atoms with Gasteiger partial charge in [0.25, 0.3) is 0 Å². The van der Waals surface area contributed by atoms with Crippen LogP contribution in [0.25, 0.3) is 22.6 Å². The van der Waals surface area contributed by atoms with Crippen LogP contribution in [0.3, 0.4) is 0 Å². The zero-order valence-corrected chi connectivity index (χ0v) is 21.4. The molecule has 0 aliphatic carbocycles. The second-order valence-corrected chi connectivity index (χ2v) is 9.15. The fraction of sp³-hybridized carbons (Fsp3) is 0.280. The van der Waals surface area contributed by atoms with Gasteiger partial charge in [-0.3, -0.25) is 5.41 Å². The third kappa shape index (κ3) is 5.77. The number of hydrogen-bond donors (Lipinski definition) is 3. The molecule has 0 amide bonds. The van der Waals surface area contributed by atoms with Crippen molar-refractivity contribution in [2.75, 3.05) is 18.5 Å². The van der Waals surface area contributed by atoms with Crippen molar-refractivity contribution in [3.05, 3.63) is 59.8 Å². The van der Waals surface area contributed by atoms with E-state index in [-0.39, 0.29) is 24.4 Å². The zero-order valence-electron chi connectivity index (χ0n) is 19.8. The molecule has 0 bridgehead atoms. The van der Waals surface area contributed by atoms with Crippen LogP contribution in [0.4, 0.5) is 10.8 Å². The second kappa shape index (κ2) is 11.4. The van der Waals surface area contributed by atoms with Gasteiger partial charge in [-0.2, -0.15) is 4.98 Å². The van der Waals surface area contributed by atoms with Gasteiger partial charge in [-0.15, -0.1) is 23.7 Å². The van der Waals surface area contributed by atoms with Gasteiger partial charge in [-0.25, -0.2) is 4.98 Å². The Morgan fingerprint density at radius 3 is 2.64 bits per heavy atom. The number of rotatable bonds is 8. The van der Waals surface area contributed by atoms with Gasteiger partial charge in [-0.05, 0) is 68.3 Å². The number of nitrogens with one attached hydrogen (secondary N) is 2. The van der Waals surface area contributed by atoms with Crippen LogP contribution in [-0.2, 0) is 6.42 Å². The van der Waals surface area contributed by atoms with Crippen LogP contribution in [-0.4, -0.2) is 45.2 Å². The molecule has 9 nitrogen and oxygen atoms in total. The second-order valence-electron chi connectivity index (χ2n) is 8.29. The normalized spacial score (nSPS) is 14.9. The number of aromatic nitrogens is 3. The van der Waals surface area contributed by atoms with Crippen LogP contribution < -0.4 is 15.8 Å². The standard InChI is InChI=1S/C25H27N7O2S.ClH/c1-2-33-20-11-7-16(8-12-20)21-15-35-25(29-21)28-18-9-5-17(6-10-18)23-30-22(34-31-23)14-19-4-3-13-32(19)24(26)27;/h5-12,15,19H,2-4,13-14H2,1H3,(H3,26,27)(H,28,29);1H/t19-;/m0./s1. The van der Waals surface area contributed by atoms with Crippen molar-refractivity contribution in [1.82, 2.24) is 20.0 Å². The van der Waals surface area contributed by atoms with Crippen LogP contribution in [0.2, 0.25) is 0 Å². The number of ether oxygens (including phenoxy) is 1. The van der Waals surface area contributed by atoms with Gasteiger partial charge >= 0.3 is 0 Å². The highest BCUT2D eigenvalue weighted by Crippen LogP contribution is 2.29. The van der Waals surface area contributed by atoms with E-state index in [4.69, 9.17) is 25.4 Å². The number of nitrogens with two attached hydrogens (primary N) is 1. The van der Waals surface area contributed by atoms with Crippen LogP contribution >= 0.6 is 23.7 Å². The monoisotopic (exact) mass is 525 g/mol. The van der Waals surface area contributed by atoms with Crippen LogP contribution in [0.5, 0.6) is 5.75 Å². The lowest BCUT2D eigenvalue weighted by atomic mass is 10.1. The third-order valence-electron chi connectivity index (χ3n) is 5.92. The molecule has 1 atom stereocenters. The molecule has 0 unspecified atom stereocenters. The number of nitrogens with zero attached hydrogens (tertiary/aromatic N) is 4. The molecule has 1 saturated heterocycles. The van der Waals surface area contributed by atoms with Crippen molar-refractivity contribution < 1.29 is 9.26 Å². The SMILES string of the molecule is CCOc1ccc(-c2csc(Nc3ccc(-c4noc(C[C@@H]5CCCN5C(=N)N)n4)cc3)n2)cc1.Cl. The maximum atomic E-state index is 7.72. The molecule has 5 rings (SSSR count). The van der Waals surface area contributed by atoms with E-state index >= 15 is 0 Å². The fourth-order valence-electron chi connectivity index (χ4n) is 4.20. The van der Waals surface area contributed by atoms with Gasteiger partial charge in [0.2, 0.25) is 11.7 Å². The van der Waals surface area contributed by atoms with Gasteiger partial charge in [0.1, 0.15) is 5.75 Å². The minimum absolute atomic E-state index is 0. The number of halogens is 1. The molecule has 0 radical (unpaired) electrons. The number of anilines is 2. The molecular formula is C25H28ClN7O2S. The van der Waals surface area contributed by atoms with Crippen molar-refractivity contribution in [3.63, 3.8) is 0 Å². The number of guanidine groups is 1. The lowest BCUT2D eigenvalue weighted by molar-refractivity contribution is 0.320. The summed E-state index contributed by atoms with van der Waals surface area (Å²) in [5.41, 5.74) is 9.44. The molecular weight excluding hydrogens is 498 g/mol. The maximum absolute atomic E-state index is 7.72. The van der Waals surface area contributed by atoms with E-state index in [0.717, 1.165) is 52.8 Å². The first kappa shape index (κ1) is 25.5. The first-order chi connectivity index (χ1) is 17.1. The summed E-state index contributed by atoms with van der Waals surface area (Å²) >= 11 is 1.55. The van der Waals surface area contributed by atoms with Gasteiger partial charge < -0.3 is 25.2 Å². The Morgan fingerprint density at radius 2 is 1.92 bits per heavy atom. The number of hydrogen-bond acceptors (Lipinski definition) is 8. The van der Waals surface area contributed by atoms with Gasteiger partial charge in [0.05, 0.1) is 12.3 Å². The van der Waals surface area contributed by atoms with E-state index in [1.807, 2.05) is 65.7 Å². The Morgan fingerprint density at radius 1 is 1.17 bits per heavy atom. The highest BCUT2D eigenvalue weighted by atomic mass is 35.5. The highest BCUT2D eigenvalue weighted by molar-refractivity contribution is 7.14. The van der Waals surface area contributed by atoms with Crippen molar-refractivity contribution in [3.8, 4) is 28.4 Å². The fourth-order valence-corrected chi connectivity index (χ4v) is 4.94. The van der Waals surface area contributed by atoms with E-state index in [2.05, 4.69) is 15.5 Å². The summed E-state index contributed by atoms with van der Waals surface area (Å²) in [6.45, 7) is 3.42. The Labute approximate surface area is 219 Å². The van der Waals surface area contributed by atoms with Crippen LogP contribution in [0, 0.1) is 5.41 Å². The molecule has 36 heavy (non-hydrogen) atoms. The summed E-state index contributed by atoms with van der Waals surface area (Å²) in [4.78, 5) is 11.1. The molecule has 0 spiro atoms. The Hall–Kier alpha value is -3.63. The molecule has 11 heteroatoms. The summed E-state index contributed by atoms with van der Waals surface area (Å²) in [5, 5.41) is 18.1. The van der Waals surface area contributed by atoms with E-state index in [1.165, 1.54) is 0 Å². The molecule has 4 N–H and O–H groups in total. The average molecular weight is 526 g/mol. The van der Waals surface area contributed by atoms with Crippen LogP contribution in [0.15, 0.2) is 58.4 Å². The van der Waals surface area contributed by atoms with E-state index in [1.54, 1.807) is 11.3 Å². The van der Waals surface area contributed by atoms with Crippen molar-refractivity contribution in [2.24, 2.45) is 5.73 Å². The number of likely N-dealkylation sites (tertiary alicyclic amines) is 1. The predicted molar refractivity (Wildman–Crippen MR) is 144 cm³/mol. The smallest absolute Gasteiger partial charge is 0.229 e. The van der Waals surface area contributed by atoms with E-state index in [9.17, 15) is 0 Å². The molecule has 2 aromatic heterocycles. The van der Waals surface area contributed by atoms with E-state index < -0.39 is 0 Å². The average Bonchev–Trinajstić information content (AvgIpc) is 3.62. The quantitative estimate of drug-likeness (QED) is 0.208. The summed E-state index contributed by atoms with van der Waals surface area (Å²) in [7, 11) is 0. The van der Waals surface area contributed by atoms with Crippen molar-refractivity contribution in [1.29, 1.82) is 5.41 Å². The molecule has 1 aliphatic rings. The van der Waals surface area contributed by atoms with E-state index in [0.29, 0.717) is 24.7 Å². The topological polar surface area (TPSA) is 126 Å². The molecule has 188 valence electrons. The minimum atomic E-state index is 0. The lowest BCUT2D eigenvalue weighted by Gasteiger charge is -2.23. The van der Waals surface area contributed by atoms with Gasteiger partial charge in [0, 0.05) is 41.2 Å². The molecule has 0 saturated carbocycles. The lowest BCUT2D eigenvalue weighted by Crippen LogP contribution is -2.41. The molecule has 3 heterocycles. The van der Waals surface area contributed by atoms with Crippen molar-refractivity contribution >= 4 is 40.5 Å². The Bertz CT molecular complexity index is 1290. The van der Waals surface area contributed by atoms with Gasteiger partial charge in [0.15, 0.2) is 11.1 Å². The summed E-state index contributed by atoms with van der Waals surface area (Å²) < 4.78 is 11.0. The summed E-state index contributed by atoms with van der Waals surface area (Å²) in [5.74, 6) is 2.06. The number of thiazole rings is 1. The van der Waals surface area contributed by atoms with Gasteiger partial charge in [-0.1, -0.05) is 5.16 Å². The first-order valence-electron chi connectivity index (χ1n) is 11.6. The Balaban J connectivity index is 0.00000304. The zero-order chi connectivity index (χ0) is 24.2. The predicted octanol–water partition coefficient (Wildman–Crippen LogP) is 5.32. The summed E-state index contributed by atoms with van der Waals surface area (Å²) in [6.07, 6.45) is 2.57. The molecule has 2 aromatic carbocycles. The molecule has 4 aromatic rings. The molecule has 1 aliphatic heterocycles. The number of benzene rings is 2. The first-order valence-corrected chi connectivity index (χ1v) is 12.5.